The van der Waals surface area contributed by atoms with E-state index in [0.717, 1.165) is 5.56 Å². The van der Waals surface area contributed by atoms with Crippen molar-refractivity contribution in [1.29, 1.82) is 0 Å². The van der Waals surface area contributed by atoms with E-state index >= 15 is 0 Å². The summed E-state index contributed by atoms with van der Waals surface area (Å²) in [4.78, 5) is 24.7. The summed E-state index contributed by atoms with van der Waals surface area (Å²) in [6.07, 6.45) is -0.770. The van der Waals surface area contributed by atoms with Gasteiger partial charge in [0.05, 0.1) is 12.0 Å². The number of hydrogen-bond donors (Lipinski definition) is 2. The molecule has 5 nitrogen and oxygen atoms in total. The fraction of sp³-hybridized carbons (Fsp3) is 0.429. The van der Waals surface area contributed by atoms with Gasteiger partial charge in [0.2, 0.25) is 0 Å². The number of hydrogen-bond acceptors (Lipinski definition) is 3. The summed E-state index contributed by atoms with van der Waals surface area (Å²) in [5, 5.41) is 19.3. The molecule has 1 aliphatic heterocycles. The second kappa shape index (κ2) is 5.81. The van der Waals surface area contributed by atoms with Crippen LogP contribution in [0.5, 0.6) is 0 Å². The van der Waals surface area contributed by atoms with Crippen molar-refractivity contribution in [2.75, 3.05) is 13.1 Å². The quantitative estimate of drug-likeness (QED) is 0.868. The molecule has 6 heteroatoms. The standard InChI is InChI=1S/C14H16ClNO4/c1-8-6-9(2-3-11(8)15)13(18)16-5-4-10(14(19)20)12(17)7-16/h2-3,6,10,12,17H,4-5,7H2,1H3,(H,19,20)/t10-,12+/m0/s1. The Kier molecular flexibility index (Phi) is 4.30. The first kappa shape index (κ1) is 14.8. The SMILES string of the molecule is Cc1cc(C(=O)N2CC[C@H](C(=O)O)[C@H](O)C2)ccc1Cl. The first-order valence-corrected chi connectivity index (χ1v) is 6.74. The van der Waals surface area contributed by atoms with Gasteiger partial charge in [0.25, 0.3) is 5.91 Å². The molecule has 2 atom stereocenters. The molecule has 1 aromatic rings. The Labute approximate surface area is 121 Å². The fourth-order valence-corrected chi connectivity index (χ4v) is 2.48. The van der Waals surface area contributed by atoms with Crippen molar-refractivity contribution in [2.45, 2.75) is 19.4 Å². The number of carboxylic acid groups (broad SMARTS) is 1. The third-order valence-corrected chi connectivity index (χ3v) is 4.02. The van der Waals surface area contributed by atoms with Gasteiger partial charge in [-0.05, 0) is 37.1 Å². The lowest BCUT2D eigenvalue weighted by atomic mass is 9.93. The van der Waals surface area contributed by atoms with Gasteiger partial charge in [-0.1, -0.05) is 11.6 Å². The largest absolute Gasteiger partial charge is 0.481 e. The molecule has 20 heavy (non-hydrogen) atoms. The van der Waals surface area contributed by atoms with Crippen LogP contribution in [0.3, 0.4) is 0 Å². The number of carboxylic acids is 1. The molecule has 0 unspecified atom stereocenters. The minimum atomic E-state index is -1.03. The molecule has 1 amide bonds. The summed E-state index contributed by atoms with van der Waals surface area (Å²) in [7, 11) is 0. The smallest absolute Gasteiger partial charge is 0.309 e. The van der Waals surface area contributed by atoms with E-state index in [9.17, 15) is 14.7 Å². The van der Waals surface area contributed by atoms with Gasteiger partial charge in [0, 0.05) is 23.7 Å². The van der Waals surface area contributed by atoms with Gasteiger partial charge in [0.1, 0.15) is 0 Å². The highest BCUT2D eigenvalue weighted by atomic mass is 35.5. The third-order valence-electron chi connectivity index (χ3n) is 3.59. The molecule has 1 heterocycles. The molecule has 0 spiro atoms. The lowest BCUT2D eigenvalue weighted by Gasteiger charge is -2.34. The van der Waals surface area contributed by atoms with E-state index in [4.69, 9.17) is 16.7 Å². The zero-order valence-corrected chi connectivity index (χ0v) is 11.8. The number of amides is 1. The van der Waals surface area contributed by atoms with E-state index < -0.39 is 18.0 Å². The Bertz CT molecular complexity index is 546. The normalized spacial score (nSPS) is 22.6. The van der Waals surface area contributed by atoms with E-state index in [1.165, 1.54) is 4.90 Å². The van der Waals surface area contributed by atoms with Crippen LogP contribution < -0.4 is 0 Å². The second-order valence-electron chi connectivity index (χ2n) is 5.02. The van der Waals surface area contributed by atoms with Crippen molar-refractivity contribution in [3.8, 4) is 0 Å². The molecule has 2 N–H and O–H groups in total. The number of aliphatic hydroxyl groups is 1. The number of nitrogens with zero attached hydrogens (tertiary/aromatic N) is 1. The number of aliphatic carboxylic acids is 1. The Morgan fingerprint density at radius 3 is 2.65 bits per heavy atom. The highest BCUT2D eigenvalue weighted by Gasteiger charge is 2.34. The zero-order chi connectivity index (χ0) is 14.9. The van der Waals surface area contributed by atoms with Crippen LogP contribution >= 0.6 is 11.6 Å². The molecule has 0 aliphatic carbocycles. The topological polar surface area (TPSA) is 77.8 Å². The minimum Gasteiger partial charge on any atom is -0.481 e. The van der Waals surface area contributed by atoms with Crippen LogP contribution in [0.15, 0.2) is 18.2 Å². The van der Waals surface area contributed by atoms with Crippen LogP contribution in [0.25, 0.3) is 0 Å². The zero-order valence-electron chi connectivity index (χ0n) is 11.0. The van der Waals surface area contributed by atoms with Crippen molar-refractivity contribution in [1.82, 2.24) is 4.90 Å². The number of β-amino-alcohol motifs (C(OH)–C–C–N with tert-alkyl or cyclic N) is 1. The van der Waals surface area contributed by atoms with E-state index in [1.54, 1.807) is 18.2 Å². The predicted molar refractivity (Wildman–Crippen MR) is 73.8 cm³/mol. The molecular weight excluding hydrogens is 282 g/mol. The molecule has 0 bridgehead atoms. The molecule has 1 saturated heterocycles. The second-order valence-corrected chi connectivity index (χ2v) is 5.42. The Morgan fingerprint density at radius 2 is 2.10 bits per heavy atom. The average Bonchev–Trinajstić information content (AvgIpc) is 2.40. The van der Waals surface area contributed by atoms with Gasteiger partial charge in [-0.3, -0.25) is 9.59 Å². The number of piperidine rings is 1. The van der Waals surface area contributed by atoms with Crippen molar-refractivity contribution in [2.24, 2.45) is 5.92 Å². The van der Waals surface area contributed by atoms with Gasteiger partial charge in [-0.15, -0.1) is 0 Å². The summed E-state index contributed by atoms with van der Waals surface area (Å²) in [6.45, 7) is 2.18. The summed E-state index contributed by atoms with van der Waals surface area (Å²) in [6, 6.07) is 4.98. The number of carbonyl (C=O) groups is 2. The fourth-order valence-electron chi connectivity index (χ4n) is 2.36. The number of likely N-dealkylation sites (tertiary alicyclic amines) is 1. The number of carbonyl (C=O) groups excluding carboxylic acids is 1. The van der Waals surface area contributed by atoms with Crippen LogP contribution in [-0.2, 0) is 4.79 Å². The van der Waals surface area contributed by atoms with Crippen LogP contribution in [0.1, 0.15) is 22.3 Å². The first-order valence-electron chi connectivity index (χ1n) is 6.36. The maximum atomic E-state index is 12.3. The average molecular weight is 298 g/mol. The van der Waals surface area contributed by atoms with Crippen molar-refractivity contribution in [3.63, 3.8) is 0 Å². The highest BCUT2D eigenvalue weighted by molar-refractivity contribution is 6.31. The predicted octanol–water partition coefficient (Wildman–Crippen LogP) is 1.56. The summed E-state index contributed by atoms with van der Waals surface area (Å²) in [5.41, 5.74) is 1.30. The highest BCUT2D eigenvalue weighted by Crippen LogP contribution is 2.22. The van der Waals surface area contributed by atoms with Crippen LogP contribution in [0, 0.1) is 12.8 Å². The van der Waals surface area contributed by atoms with Crippen LogP contribution in [0.4, 0.5) is 0 Å². The van der Waals surface area contributed by atoms with Crippen molar-refractivity contribution in [3.05, 3.63) is 34.3 Å². The number of rotatable bonds is 2. The van der Waals surface area contributed by atoms with Crippen LogP contribution in [0.2, 0.25) is 5.02 Å². The lowest BCUT2D eigenvalue weighted by molar-refractivity contribution is -0.148. The number of benzene rings is 1. The first-order chi connectivity index (χ1) is 9.40. The third kappa shape index (κ3) is 2.94. The van der Waals surface area contributed by atoms with Gasteiger partial charge < -0.3 is 15.1 Å². The molecule has 0 radical (unpaired) electrons. The summed E-state index contributed by atoms with van der Waals surface area (Å²) < 4.78 is 0. The maximum Gasteiger partial charge on any atom is 0.309 e. The van der Waals surface area contributed by atoms with E-state index in [1.807, 2.05) is 6.92 Å². The van der Waals surface area contributed by atoms with E-state index in [2.05, 4.69) is 0 Å². The van der Waals surface area contributed by atoms with Crippen molar-refractivity contribution >= 4 is 23.5 Å². The molecule has 1 aromatic carbocycles. The Morgan fingerprint density at radius 1 is 1.40 bits per heavy atom. The van der Waals surface area contributed by atoms with Gasteiger partial charge >= 0.3 is 5.97 Å². The molecule has 0 saturated carbocycles. The molecule has 108 valence electrons. The Hall–Kier alpha value is -1.59. The number of aliphatic hydroxyl groups excluding tert-OH is 1. The summed E-state index contributed by atoms with van der Waals surface area (Å²) >= 11 is 5.92. The molecule has 1 fully saturated rings. The maximum absolute atomic E-state index is 12.3. The lowest BCUT2D eigenvalue weighted by Crippen LogP contribution is -2.48. The van der Waals surface area contributed by atoms with E-state index in [0.29, 0.717) is 17.1 Å². The van der Waals surface area contributed by atoms with E-state index in [-0.39, 0.29) is 18.9 Å². The monoisotopic (exact) mass is 297 g/mol. The van der Waals surface area contributed by atoms with Gasteiger partial charge in [0.15, 0.2) is 0 Å². The molecule has 1 aliphatic rings. The molecule has 2 rings (SSSR count). The Balaban J connectivity index is 2.11. The van der Waals surface area contributed by atoms with Gasteiger partial charge in [-0.2, -0.15) is 0 Å². The molecular formula is C14H16ClNO4. The minimum absolute atomic E-state index is 0.0392. The van der Waals surface area contributed by atoms with Gasteiger partial charge in [-0.25, -0.2) is 0 Å². The number of aryl methyl sites for hydroxylation is 1. The van der Waals surface area contributed by atoms with Crippen LogP contribution in [-0.4, -0.2) is 46.2 Å². The number of halogens is 1. The molecule has 0 aromatic heterocycles. The van der Waals surface area contributed by atoms with Crippen molar-refractivity contribution < 1.29 is 19.8 Å². The summed E-state index contributed by atoms with van der Waals surface area (Å²) in [5.74, 6) is -2.04.